The number of carboxylic acid groups (broad SMARTS) is 1. The number of nitrogens with one attached hydrogen (secondary N) is 1. The Labute approximate surface area is 242 Å². The van der Waals surface area contributed by atoms with Crippen LogP contribution in [0.25, 0.3) is 11.1 Å². The number of hydrogen-bond acceptors (Lipinski definition) is 7. The van der Waals surface area contributed by atoms with Crippen molar-refractivity contribution in [2.75, 3.05) is 19.8 Å². The zero-order valence-electron chi connectivity index (χ0n) is 23.5. The molecule has 2 aromatic carbocycles. The number of amides is 1. The fourth-order valence-electron chi connectivity index (χ4n) is 6.07. The molecule has 42 heavy (non-hydrogen) atoms. The topological polar surface area (TPSA) is 170 Å². The molecule has 2 aliphatic heterocycles. The number of aliphatic hydroxyl groups is 2. The molecule has 1 aliphatic carbocycles. The van der Waals surface area contributed by atoms with Crippen molar-refractivity contribution in [1.82, 2.24) is 9.88 Å². The minimum absolute atomic E-state index is 0.0438. The average Bonchev–Trinajstić information content (AvgIpc) is 3.63. The number of hydrogen-bond donors (Lipinski definition) is 5. The Kier molecular flexibility index (Phi) is 8.26. The third-order valence-corrected chi connectivity index (χ3v) is 8.10. The average molecular weight is 576 g/mol. The Bertz CT molecular complexity index is 1540. The van der Waals surface area contributed by atoms with Gasteiger partial charge in [0.15, 0.2) is 5.78 Å². The Morgan fingerprint density at radius 2 is 1.98 bits per heavy atom. The summed E-state index contributed by atoms with van der Waals surface area (Å²) in [6.07, 6.45) is 5.45. The fraction of sp³-hybridized carbons (Fsp3) is 0.355. The molecule has 0 radical (unpaired) electrons. The minimum atomic E-state index is -1.20. The molecule has 3 aliphatic rings. The number of nitrogens with two attached hydrogens (primary N) is 1. The number of fused-ring (bicyclic) bond motifs is 4. The van der Waals surface area contributed by atoms with Crippen molar-refractivity contribution in [3.8, 4) is 16.9 Å². The molecule has 6 N–H and O–H groups in total. The number of aromatic amines is 1. The van der Waals surface area contributed by atoms with E-state index in [-0.39, 0.29) is 36.5 Å². The number of aliphatic carboxylic acids is 1. The SMILES string of the molecule is CC(O)C1C(=O)N2C(C(=O)O)=C(COc3cccc4c3-c3ccc(C[n+]5cc[nH]c5)cc3C4=O)[C@H](C)C12.NCCCO. The summed E-state index contributed by atoms with van der Waals surface area (Å²) >= 11 is 0. The molecule has 0 saturated carbocycles. The predicted octanol–water partition coefficient (Wildman–Crippen LogP) is 1.46. The monoisotopic (exact) mass is 575 g/mol. The second kappa shape index (κ2) is 11.9. The van der Waals surface area contributed by atoms with Crippen molar-refractivity contribution in [2.24, 2.45) is 17.6 Å². The Balaban J connectivity index is 0.000000652. The normalized spacial score (nSPS) is 20.8. The molecule has 1 saturated heterocycles. The summed E-state index contributed by atoms with van der Waals surface area (Å²) in [6.45, 7) is 4.79. The van der Waals surface area contributed by atoms with Crippen molar-refractivity contribution in [2.45, 2.75) is 39.0 Å². The number of carbonyl (C=O) groups is 3. The fourth-order valence-corrected chi connectivity index (χ4v) is 6.07. The van der Waals surface area contributed by atoms with E-state index in [1.165, 1.54) is 4.90 Å². The Morgan fingerprint density at radius 3 is 2.60 bits per heavy atom. The van der Waals surface area contributed by atoms with E-state index in [4.69, 9.17) is 15.6 Å². The maximum Gasteiger partial charge on any atom is 0.352 e. The third kappa shape index (κ3) is 5.00. The second-order valence-corrected chi connectivity index (χ2v) is 10.8. The van der Waals surface area contributed by atoms with Gasteiger partial charge in [0.1, 0.15) is 37.0 Å². The van der Waals surface area contributed by atoms with Gasteiger partial charge < -0.3 is 30.7 Å². The maximum absolute atomic E-state index is 13.3. The lowest BCUT2D eigenvalue weighted by Gasteiger charge is -2.46. The predicted molar refractivity (Wildman–Crippen MR) is 151 cm³/mol. The zero-order chi connectivity index (χ0) is 30.1. The number of ketones is 1. The molecule has 3 aromatic rings. The number of β-lactam (4-membered cyclic amide) rings is 1. The van der Waals surface area contributed by atoms with Crippen LogP contribution in [0.2, 0.25) is 0 Å². The van der Waals surface area contributed by atoms with Crippen LogP contribution < -0.4 is 15.0 Å². The molecular weight excluding hydrogens is 540 g/mol. The first-order valence-electron chi connectivity index (χ1n) is 13.9. The highest BCUT2D eigenvalue weighted by Gasteiger charge is 2.59. The minimum Gasteiger partial charge on any atom is -0.488 e. The summed E-state index contributed by atoms with van der Waals surface area (Å²) in [7, 11) is 0. The lowest BCUT2D eigenvalue weighted by molar-refractivity contribution is -0.687. The number of aromatic nitrogens is 2. The number of carboxylic acids is 1. The number of rotatable bonds is 9. The van der Waals surface area contributed by atoms with E-state index in [2.05, 4.69) is 4.98 Å². The Hall–Kier alpha value is -4.32. The lowest BCUT2D eigenvalue weighted by atomic mass is 9.78. The van der Waals surface area contributed by atoms with Crippen LogP contribution >= 0.6 is 0 Å². The van der Waals surface area contributed by atoms with E-state index in [1.54, 1.807) is 25.1 Å². The van der Waals surface area contributed by atoms with Gasteiger partial charge in [-0.1, -0.05) is 31.2 Å². The highest BCUT2D eigenvalue weighted by atomic mass is 16.5. The van der Waals surface area contributed by atoms with E-state index < -0.39 is 24.0 Å². The van der Waals surface area contributed by atoms with E-state index in [1.807, 2.05) is 48.4 Å². The van der Waals surface area contributed by atoms with Crippen LogP contribution in [0.1, 0.15) is 41.8 Å². The van der Waals surface area contributed by atoms with Gasteiger partial charge in [0, 0.05) is 34.8 Å². The number of benzene rings is 2. The van der Waals surface area contributed by atoms with Gasteiger partial charge in [0.05, 0.1) is 18.1 Å². The molecule has 1 aromatic heterocycles. The quantitative estimate of drug-likeness (QED) is 0.148. The van der Waals surface area contributed by atoms with Gasteiger partial charge >= 0.3 is 5.97 Å². The van der Waals surface area contributed by atoms with E-state index in [0.717, 1.165) is 17.5 Å². The van der Waals surface area contributed by atoms with Gasteiger partial charge in [-0.3, -0.25) is 14.6 Å². The van der Waals surface area contributed by atoms with Gasteiger partial charge in [-0.05, 0) is 43.1 Å². The summed E-state index contributed by atoms with van der Waals surface area (Å²) in [5, 5.41) is 27.9. The van der Waals surface area contributed by atoms with Crippen LogP contribution in [0, 0.1) is 11.8 Å². The first-order valence-corrected chi connectivity index (χ1v) is 13.9. The molecule has 6 rings (SSSR count). The molecule has 0 spiro atoms. The number of ether oxygens (including phenoxy) is 1. The van der Waals surface area contributed by atoms with Crippen LogP contribution in [-0.4, -0.2) is 74.8 Å². The van der Waals surface area contributed by atoms with Crippen LogP contribution in [0.4, 0.5) is 0 Å². The Morgan fingerprint density at radius 1 is 1.19 bits per heavy atom. The molecule has 1 amide bonds. The van der Waals surface area contributed by atoms with Gasteiger partial charge in [0.2, 0.25) is 12.2 Å². The molecule has 1 fully saturated rings. The highest BCUT2D eigenvalue weighted by molar-refractivity contribution is 6.22. The number of carbonyl (C=O) groups excluding carboxylic acids is 2. The molecule has 11 heteroatoms. The number of imidazole rings is 1. The summed E-state index contributed by atoms with van der Waals surface area (Å²) in [6, 6.07) is 10.7. The van der Waals surface area contributed by atoms with Crippen LogP contribution in [-0.2, 0) is 16.1 Å². The maximum atomic E-state index is 13.3. The highest BCUT2D eigenvalue weighted by Crippen LogP contribution is 2.48. The van der Waals surface area contributed by atoms with Crippen LogP contribution in [0.15, 0.2) is 66.4 Å². The first-order chi connectivity index (χ1) is 20.2. The van der Waals surface area contributed by atoms with Gasteiger partial charge in [0.25, 0.3) is 0 Å². The van der Waals surface area contributed by atoms with E-state index >= 15 is 0 Å². The lowest BCUT2D eigenvalue weighted by Crippen LogP contribution is -2.63. The summed E-state index contributed by atoms with van der Waals surface area (Å²) in [4.78, 5) is 42.3. The van der Waals surface area contributed by atoms with Crippen molar-refractivity contribution in [1.29, 1.82) is 0 Å². The number of H-pyrrole nitrogens is 1. The van der Waals surface area contributed by atoms with E-state index in [0.29, 0.717) is 41.1 Å². The molecule has 11 nitrogen and oxygen atoms in total. The van der Waals surface area contributed by atoms with Crippen LogP contribution in [0.3, 0.4) is 0 Å². The van der Waals surface area contributed by atoms with Gasteiger partial charge in [-0.25, -0.2) is 9.36 Å². The van der Waals surface area contributed by atoms with Crippen molar-refractivity contribution < 1.29 is 39.0 Å². The first kappa shape index (κ1) is 29.2. The van der Waals surface area contributed by atoms with Gasteiger partial charge in [-0.2, -0.15) is 0 Å². The third-order valence-electron chi connectivity index (χ3n) is 8.10. The van der Waals surface area contributed by atoms with Gasteiger partial charge in [-0.15, -0.1) is 0 Å². The second-order valence-electron chi connectivity index (χ2n) is 10.8. The standard InChI is InChI=1S/C28H25N3O6.C3H9NO/c1-14-20(25(28(35)36)31-24(14)22(15(2)32)27(31)34)12-37-21-5-3-4-18-23(21)17-7-6-16(10-19(17)26(18)33)11-30-9-8-29-13-30;4-2-1-3-5/h3-10,13-15,22,24,32H,11-12H2,1-2H3,(H,35,36);5H,1-4H2/p+1/t14-,15?,22?,24?;/m0./s1. The molecule has 0 bridgehead atoms. The van der Waals surface area contributed by atoms with E-state index in [9.17, 15) is 24.6 Å². The summed E-state index contributed by atoms with van der Waals surface area (Å²) in [5.41, 5.74) is 9.00. The molecular formula is C31H35N4O7+. The van der Waals surface area contributed by atoms with Crippen molar-refractivity contribution in [3.05, 3.63) is 83.1 Å². The largest absolute Gasteiger partial charge is 0.488 e. The number of aliphatic hydroxyl groups excluding tert-OH is 2. The van der Waals surface area contributed by atoms with Crippen molar-refractivity contribution in [3.63, 3.8) is 0 Å². The summed E-state index contributed by atoms with van der Waals surface area (Å²) in [5.74, 6) is -2.10. The smallest absolute Gasteiger partial charge is 0.352 e. The summed E-state index contributed by atoms with van der Waals surface area (Å²) < 4.78 is 8.16. The number of nitrogens with zero attached hydrogens (tertiary/aromatic N) is 2. The molecule has 3 unspecified atom stereocenters. The molecule has 4 atom stereocenters. The zero-order valence-corrected chi connectivity index (χ0v) is 23.5. The van der Waals surface area contributed by atoms with Crippen molar-refractivity contribution >= 4 is 17.7 Å². The van der Waals surface area contributed by atoms with Crippen LogP contribution in [0.5, 0.6) is 5.75 Å². The molecule has 220 valence electrons. The molecule has 3 heterocycles.